The number of aliphatic hydroxyl groups is 2. The molecule has 0 heterocycles. The molecule has 0 saturated carbocycles. The Kier molecular flexibility index (Phi) is 13.3. The number of carboxylic acids is 1. The van der Waals surface area contributed by atoms with Gasteiger partial charge in [-0.3, -0.25) is 14.4 Å². The van der Waals surface area contributed by atoms with Gasteiger partial charge < -0.3 is 37.0 Å². The average Bonchev–Trinajstić information content (AvgIpc) is 2.66. The maximum atomic E-state index is 12.7. The van der Waals surface area contributed by atoms with E-state index in [1.807, 2.05) is 6.26 Å². The fourth-order valence-corrected chi connectivity index (χ4v) is 2.95. The van der Waals surface area contributed by atoms with E-state index >= 15 is 0 Å². The summed E-state index contributed by atoms with van der Waals surface area (Å²) in [6.45, 7) is 4.27. The average molecular weight is 451 g/mol. The molecule has 0 saturated heterocycles. The van der Waals surface area contributed by atoms with E-state index in [4.69, 9.17) is 10.8 Å². The fraction of sp³-hybridized carbons (Fsp3) is 0.778. The van der Waals surface area contributed by atoms with Crippen LogP contribution in [-0.4, -0.2) is 87.9 Å². The molecule has 0 bridgehead atoms. The molecule has 0 fully saturated rings. The summed E-state index contributed by atoms with van der Waals surface area (Å²) >= 11 is 1.43. The summed E-state index contributed by atoms with van der Waals surface area (Å²) in [5.74, 6) is -3.05. The van der Waals surface area contributed by atoms with Crippen LogP contribution < -0.4 is 21.7 Å². The van der Waals surface area contributed by atoms with Crippen LogP contribution in [0.3, 0.4) is 0 Å². The third-order valence-corrected chi connectivity index (χ3v) is 4.81. The highest BCUT2D eigenvalue weighted by atomic mass is 32.2. The topological polar surface area (TPSA) is 191 Å². The third kappa shape index (κ3) is 10.2. The largest absolute Gasteiger partial charge is 0.480 e. The van der Waals surface area contributed by atoms with Gasteiger partial charge in [-0.15, -0.1) is 0 Å². The minimum absolute atomic E-state index is 0.00661. The highest BCUT2D eigenvalue weighted by Crippen LogP contribution is 2.07. The van der Waals surface area contributed by atoms with Gasteiger partial charge in [0.15, 0.2) is 0 Å². The first-order chi connectivity index (χ1) is 13.9. The first-order valence-electron chi connectivity index (χ1n) is 9.61. The van der Waals surface area contributed by atoms with E-state index in [2.05, 4.69) is 16.0 Å². The number of nitrogens with two attached hydrogens (primary N) is 1. The maximum absolute atomic E-state index is 12.7. The predicted molar refractivity (Wildman–Crippen MR) is 113 cm³/mol. The highest BCUT2D eigenvalue weighted by molar-refractivity contribution is 7.98. The van der Waals surface area contributed by atoms with Gasteiger partial charge in [0.2, 0.25) is 17.7 Å². The smallest absolute Gasteiger partial charge is 0.326 e. The number of aliphatic hydroxyl groups excluding tert-OH is 2. The molecule has 5 unspecified atom stereocenters. The molecule has 12 heteroatoms. The molecule has 30 heavy (non-hydrogen) atoms. The Bertz CT molecular complexity index is 589. The van der Waals surface area contributed by atoms with Gasteiger partial charge in [-0.2, -0.15) is 11.8 Å². The Morgan fingerprint density at radius 1 is 0.967 bits per heavy atom. The van der Waals surface area contributed by atoms with E-state index in [1.54, 1.807) is 13.8 Å². The van der Waals surface area contributed by atoms with Crippen molar-refractivity contribution >= 4 is 35.5 Å². The van der Waals surface area contributed by atoms with Gasteiger partial charge in [-0.05, 0) is 37.7 Å². The molecule has 0 aliphatic rings. The molecule has 0 aromatic heterocycles. The van der Waals surface area contributed by atoms with Gasteiger partial charge in [0.05, 0.1) is 12.7 Å². The predicted octanol–water partition coefficient (Wildman–Crippen LogP) is -1.97. The van der Waals surface area contributed by atoms with E-state index in [0.29, 0.717) is 5.75 Å². The van der Waals surface area contributed by atoms with E-state index in [-0.39, 0.29) is 18.8 Å². The Balaban J connectivity index is 5.32. The van der Waals surface area contributed by atoms with Crippen LogP contribution in [0.25, 0.3) is 0 Å². The normalized spacial score (nSPS) is 16.1. The van der Waals surface area contributed by atoms with Crippen LogP contribution in [0.2, 0.25) is 0 Å². The van der Waals surface area contributed by atoms with Crippen molar-refractivity contribution in [3.05, 3.63) is 0 Å². The van der Waals surface area contributed by atoms with Gasteiger partial charge in [0.25, 0.3) is 0 Å². The number of carbonyl (C=O) groups excluding carboxylic acids is 3. The Labute approximate surface area is 180 Å². The van der Waals surface area contributed by atoms with Crippen LogP contribution in [0.15, 0.2) is 0 Å². The van der Waals surface area contributed by atoms with Crippen molar-refractivity contribution in [1.82, 2.24) is 16.0 Å². The minimum Gasteiger partial charge on any atom is -0.480 e. The van der Waals surface area contributed by atoms with Crippen LogP contribution in [0.1, 0.15) is 33.6 Å². The standard InChI is InChI=1S/C18H34N4O7S/c1-9(2)7-13(18(28)29)21-17(27)14(10(3)24)22-16(26)12(5-6-30-4)20-15(25)11(19)8-23/h9-14,23-24H,5-8,19H2,1-4H3,(H,20,25)(H,21,27)(H,22,26)(H,28,29). The summed E-state index contributed by atoms with van der Waals surface area (Å²) in [6.07, 6.45) is 0.880. The first kappa shape index (κ1) is 28.1. The number of amides is 3. The fourth-order valence-electron chi connectivity index (χ4n) is 2.48. The second-order valence-electron chi connectivity index (χ2n) is 7.39. The molecule has 0 aromatic rings. The lowest BCUT2D eigenvalue weighted by Crippen LogP contribution is -2.60. The number of aliphatic carboxylic acids is 1. The second-order valence-corrected chi connectivity index (χ2v) is 8.37. The highest BCUT2D eigenvalue weighted by Gasteiger charge is 2.32. The number of rotatable bonds is 14. The van der Waals surface area contributed by atoms with Crippen LogP contribution in [0.5, 0.6) is 0 Å². The number of hydrogen-bond acceptors (Lipinski definition) is 8. The SMILES string of the molecule is CSCCC(NC(=O)C(N)CO)C(=O)NC(C(=O)NC(CC(C)C)C(=O)O)C(C)O. The zero-order valence-corrected chi connectivity index (χ0v) is 18.6. The van der Waals surface area contributed by atoms with Gasteiger partial charge >= 0.3 is 5.97 Å². The van der Waals surface area contributed by atoms with Crippen molar-refractivity contribution in [3.63, 3.8) is 0 Å². The molecular weight excluding hydrogens is 416 g/mol. The van der Waals surface area contributed by atoms with E-state index in [0.717, 1.165) is 0 Å². The van der Waals surface area contributed by atoms with E-state index in [9.17, 15) is 29.4 Å². The van der Waals surface area contributed by atoms with Crippen molar-refractivity contribution in [2.45, 2.75) is 63.9 Å². The van der Waals surface area contributed by atoms with Gasteiger partial charge in [0.1, 0.15) is 24.2 Å². The quantitative estimate of drug-likeness (QED) is 0.157. The zero-order chi connectivity index (χ0) is 23.4. The summed E-state index contributed by atoms with van der Waals surface area (Å²) in [7, 11) is 0. The zero-order valence-electron chi connectivity index (χ0n) is 17.8. The summed E-state index contributed by atoms with van der Waals surface area (Å²) in [5.41, 5.74) is 5.46. The third-order valence-electron chi connectivity index (χ3n) is 4.16. The maximum Gasteiger partial charge on any atom is 0.326 e. The number of nitrogens with one attached hydrogen (secondary N) is 3. The molecule has 0 aliphatic heterocycles. The number of hydrogen-bond donors (Lipinski definition) is 7. The first-order valence-corrected chi connectivity index (χ1v) is 11.0. The Hall–Kier alpha value is -1.89. The summed E-state index contributed by atoms with van der Waals surface area (Å²) < 4.78 is 0. The van der Waals surface area contributed by atoms with Gasteiger partial charge in [-0.25, -0.2) is 4.79 Å². The number of carboxylic acid groups (broad SMARTS) is 1. The van der Waals surface area contributed by atoms with Crippen LogP contribution in [0.4, 0.5) is 0 Å². The molecular formula is C18H34N4O7S. The van der Waals surface area contributed by atoms with E-state index < -0.39 is 60.6 Å². The van der Waals surface area contributed by atoms with Crippen molar-refractivity contribution in [2.24, 2.45) is 11.7 Å². The van der Waals surface area contributed by atoms with Crippen molar-refractivity contribution < 1.29 is 34.5 Å². The van der Waals surface area contributed by atoms with Crippen molar-refractivity contribution in [3.8, 4) is 0 Å². The van der Waals surface area contributed by atoms with Crippen molar-refractivity contribution in [2.75, 3.05) is 18.6 Å². The van der Waals surface area contributed by atoms with Crippen LogP contribution >= 0.6 is 11.8 Å². The van der Waals surface area contributed by atoms with E-state index in [1.165, 1.54) is 18.7 Å². The molecule has 5 atom stereocenters. The van der Waals surface area contributed by atoms with Crippen molar-refractivity contribution in [1.29, 1.82) is 0 Å². The molecule has 0 rings (SSSR count). The molecule has 0 spiro atoms. The van der Waals surface area contributed by atoms with Crippen LogP contribution in [-0.2, 0) is 19.2 Å². The Morgan fingerprint density at radius 2 is 1.53 bits per heavy atom. The molecule has 0 radical (unpaired) electrons. The lowest BCUT2D eigenvalue weighted by molar-refractivity contribution is -0.143. The number of thioether (sulfide) groups is 1. The second kappa shape index (κ2) is 14.2. The summed E-state index contributed by atoms with van der Waals surface area (Å²) in [6, 6.07) is -4.86. The molecule has 8 N–H and O–H groups in total. The lowest BCUT2D eigenvalue weighted by atomic mass is 10.0. The molecule has 0 aromatic carbocycles. The molecule has 3 amide bonds. The minimum atomic E-state index is -1.42. The van der Waals surface area contributed by atoms with Crippen LogP contribution in [0, 0.1) is 5.92 Å². The molecule has 0 aliphatic carbocycles. The summed E-state index contributed by atoms with van der Waals surface area (Å²) in [4.78, 5) is 48.5. The monoisotopic (exact) mass is 450 g/mol. The Morgan fingerprint density at radius 3 is 1.97 bits per heavy atom. The molecule has 174 valence electrons. The summed E-state index contributed by atoms with van der Waals surface area (Å²) in [5, 5.41) is 35.3. The number of carbonyl (C=O) groups is 4. The van der Waals surface area contributed by atoms with Gasteiger partial charge in [0, 0.05) is 0 Å². The molecule has 11 nitrogen and oxygen atoms in total. The van der Waals surface area contributed by atoms with Gasteiger partial charge in [-0.1, -0.05) is 13.8 Å². The lowest BCUT2D eigenvalue weighted by Gasteiger charge is -2.26.